The summed E-state index contributed by atoms with van der Waals surface area (Å²) in [5.74, 6) is 0.155. The number of ether oxygens (including phenoxy) is 1. The molecule has 3 heterocycles. The first kappa shape index (κ1) is 27.9. The van der Waals surface area contributed by atoms with Crippen molar-refractivity contribution in [3.05, 3.63) is 83.2 Å². The molecule has 8 nitrogen and oxygen atoms in total. The summed E-state index contributed by atoms with van der Waals surface area (Å²) in [6, 6.07) is 18.7. The van der Waals surface area contributed by atoms with Gasteiger partial charge in [-0.3, -0.25) is 9.69 Å². The molecule has 3 aromatic rings. The maximum Gasteiger partial charge on any atom is 0.410 e. The molecule has 0 aliphatic carbocycles. The second-order valence-electron chi connectivity index (χ2n) is 12.0. The van der Waals surface area contributed by atoms with E-state index in [0.717, 1.165) is 49.4 Å². The summed E-state index contributed by atoms with van der Waals surface area (Å²) in [6.45, 7) is 12.9. The lowest BCUT2D eigenvalue weighted by Gasteiger charge is -2.36. The quantitative estimate of drug-likeness (QED) is 0.440. The average Bonchev–Trinajstić information content (AvgIpc) is 3.38. The van der Waals surface area contributed by atoms with Gasteiger partial charge in [-0.2, -0.15) is 5.10 Å². The average molecular weight is 544 g/mol. The van der Waals surface area contributed by atoms with E-state index in [2.05, 4.69) is 48.2 Å². The number of benzene rings is 2. The van der Waals surface area contributed by atoms with Gasteiger partial charge in [-0.05, 0) is 63.8 Å². The van der Waals surface area contributed by atoms with Crippen LogP contribution in [0.4, 0.5) is 4.79 Å². The molecule has 1 aromatic heterocycles. The molecule has 2 saturated heterocycles. The molecule has 5 rings (SSSR count). The van der Waals surface area contributed by atoms with E-state index in [1.807, 2.05) is 48.6 Å². The van der Waals surface area contributed by atoms with Gasteiger partial charge in [0.25, 0.3) is 5.91 Å². The monoisotopic (exact) mass is 543 g/mol. The minimum atomic E-state index is -0.525. The molecule has 2 aliphatic rings. The number of piperidine rings is 1. The molecule has 0 bridgehead atoms. The van der Waals surface area contributed by atoms with Gasteiger partial charge in [0.1, 0.15) is 5.60 Å². The van der Waals surface area contributed by atoms with Crippen LogP contribution in [0.25, 0.3) is 5.69 Å². The number of amides is 2. The van der Waals surface area contributed by atoms with Gasteiger partial charge >= 0.3 is 6.09 Å². The lowest BCUT2D eigenvalue weighted by atomic mass is 9.90. The highest BCUT2D eigenvalue weighted by molar-refractivity contribution is 5.95. The largest absolute Gasteiger partial charge is 0.444 e. The Labute approximate surface area is 237 Å². The van der Waals surface area contributed by atoms with Crippen LogP contribution in [0, 0.1) is 6.92 Å². The number of nitrogens with zero attached hydrogens (tertiary/aromatic N) is 5. The Hall–Kier alpha value is -3.65. The van der Waals surface area contributed by atoms with Gasteiger partial charge in [0.05, 0.1) is 23.1 Å². The summed E-state index contributed by atoms with van der Waals surface area (Å²) >= 11 is 0. The zero-order valence-electron chi connectivity index (χ0n) is 24.2. The maximum absolute atomic E-state index is 13.9. The molecule has 40 heavy (non-hydrogen) atoms. The van der Waals surface area contributed by atoms with Gasteiger partial charge in [0, 0.05) is 51.7 Å². The Balaban J connectivity index is 1.33. The van der Waals surface area contributed by atoms with Crippen molar-refractivity contribution in [3.8, 4) is 5.69 Å². The smallest absolute Gasteiger partial charge is 0.410 e. The summed E-state index contributed by atoms with van der Waals surface area (Å²) in [5.41, 5.74) is 4.49. The van der Waals surface area contributed by atoms with Gasteiger partial charge in [0.15, 0.2) is 0 Å². The van der Waals surface area contributed by atoms with Crippen molar-refractivity contribution in [2.24, 2.45) is 0 Å². The Morgan fingerprint density at radius 2 is 1.60 bits per heavy atom. The second-order valence-corrected chi connectivity index (χ2v) is 12.0. The number of likely N-dealkylation sites (tertiary alicyclic amines) is 1. The molecular weight excluding hydrogens is 502 g/mol. The van der Waals surface area contributed by atoms with Gasteiger partial charge in [0.2, 0.25) is 0 Å². The third kappa shape index (κ3) is 6.55. The third-order valence-electron chi connectivity index (χ3n) is 7.72. The van der Waals surface area contributed by atoms with E-state index in [1.165, 1.54) is 5.56 Å². The Kier molecular flexibility index (Phi) is 8.26. The standard InChI is InChI=1S/C32H41N5O3/c1-24-9-8-12-27(21-24)37-29(26-13-15-36(16-14-26)31(39)40-32(2,3)4)28(22-33-37)30(38)35-19-17-34(18-20-35)23-25-10-6-5-7-11-25/h5-12,21-22,26H,13-20,23H2,1-4H3. The van der Waals surface area contributed by atoms with Crippen LogP contribution >= 0.6 is 0 Å². The maximum atomic E-state index is 13.9. The highest BCUT2D eigenvalue weighted by Crippen LogP contribution is 2.33. The first-order valence-electron chi connectivity index (χ1n) is 14.4. The molecule has 2 amide bonds. The van der Waals surface area contributed by atoms with Gasteiger partial charge < -0.3 is 14.5 Å². The van der Waals surface area contributed by atoms with Crippen LogP contribution < -0.4 is 0 Å². The van der Waals surface area contributed by atoms with E-state index >= 15 is 0 Å². The lowest BCUT2D eigenvalue weighted by Crippen LogP contribution is -2.48. The van der Waals surface area contributed by atoms with Crippen LogP contribution in [0.15, 0.2) is 60.8 Å². The number of piperazine rings is 1. The second kappa shape index (κ2) is 11.8. The first-order chi connectivity index (χ1) is 19.2. The number of carbonyl (C=O) groups excluding carboxylic acids is 2. The highest BCUT2D eigenvalue weighted by Gasteiger charge is 2.34. The molecule has 0 N–H and O–H groups in total. The fourth-order valence-corrected chi connectivity index (χ4v) is 5.66. The molecule has 212 valence electrons. The number of aromatic nitrogens is 2. The van der Waals surface area contributed by atoms with E-state index in [1.54, 1.807) is 11.1 Å². The van der Waals surface area contributed by atoms with E-state index < -0.39 is 5.60 Å². The highest BCUT2D eigenvalue weighted by atomic mass is 16.6. The Bertz CT molecular complexity index is 1310. The molecule has 0 atom stereocenters. The minimum Gasteiger partial charge on any atom is -0.444 e. The van der Waals surface area contributed by atoms with Crippen molar-refractivity contribution < 1.29 is 14.3 Å². The van der Waals surface area contributed by atoms with Crippen molar-refractivity contribution in [3.63, 3.8) is 0 Å². The van der Waals surface area contributed by atoms with E-state index in [9.17, 15) is 9.59 Å². The first-order valence-corrected chi connectivity index (χ1v) is 14.4. The van der Waals surface area contributed by atoms with E-state index in [-0.39, 0.29) is 17.9 Å². The number of rotatable bonds is 5. The predicted molar refractivity (Wildman–Crippen MR) is 156 cm³/mol. The fourth-order valence-electron chi connectivity index (χ4n) is 5.66. The molecule has 0 radical (unpaired) electrons. The van der Waals surface area contributed by atoms with Crippen LogP contribution in [0.1, 0.15) is 66.7 Å². The summed E-state index contributed by atoms with van der Waals surface area (Å²) in [6.07, 6.45) is 2.98. The minimum absolute atomic E-state index is 0.0443. The summed E-state index contributed by atoms with van der Waals surface area (Å²) in [5, 5.41) is 4.75. The van der Waals surface area contributed by atoms with Crippen molar-refractivity contribution >= 4 is 12.0 Å². The van der Waals surface area contributed by atoms with Crippen molar-refractivity contribution in [2.75, 3.05) is 39.3 Å². The van der Waals surface area contributed by atoms with Crippen molar-refractivity contribution in [2.45, 2.75) is 58.6 Å². The van der Waals surface area contributed by atoms with Crippen LogP contribution in [0.5, 0.6) is 0 Å². The molecule has 8 heteroatoms. The van der Waals surface area contributed by atoms with E-state index in [4.69, 9.17) is 9.84 Å². The van der Waals surface area contributed by atoms with Crippen LogP contribution in [-0.4, -0.2) is 81.4 Å². The molecule has 2 aromatic carbocycles. The van der Waals surface area contributed by atoms with Gasteiger partial charge in [-0.15, -0.1) is 0 Å². The molecule has 0 spiro atoms. The fraction of sp³-hybridized carbons (Fsp3) is 0.469. The zero-order chi connectivity index (χ0) is 28.3. The van der Waals surface area contributed by atoms with Crippen LogP contribution in [0.2, 0.25) is 0 Å². The normalized spacial score (nSPS) is 17.2. The molecule has 2 fully saturated rings. The summed E-state index contributed by atoms with van der Waals surface area (Å²) in [7, 11) is 0. The van der Waals surface area contributed by atoms with Gasteiger partial charge in [-0.1, -0.05) is 42.5 Å². The zero-order valence-corrected chi connectivity index (χ0v) is 24.2. The topological polar surface area (TPSA) is 70.9 Å². The number of hydrogen-bond acceptors (Lipinski definition) is 5. The Morgan fingerprint density at radius 1 is 0.900 bits per heavy atom. The summed E-state index contributed by atoms with van der Waals surface area (Å²) < 4.78 is 7.55. The number of aryl methyl sites for hydroxylation is 1. The summed E-state index contributed by atoms with van der Waals surface area (Å²) in [4.78, 5) is 32.8. The van der Waals surface area contributed by atoms with Crippen molar-refractivity contribution in [1.82, 2.24) is 24.5 Å². The third-order valence-corrected chi connectivity index (χ3v) is 7.72. The van der Waals surface area contributed by atoms with Crippen LogP contribution in [-0.2, 0) is 11.3 Å². The molecule has 0 unspecified atom stereocenters. The van der Waals surface area contributed by atoms with Crippen LogP contribution in [0.3, 0.4) is 0 Å². The number of carbonyl (C=O) groups is 2. The Morgan fingerprint density at radius 3 is 2.25 bits per heavy atom. The molecule has 0 saturated carbocycles. The number of hydrogen-bond donors (Lipinski definition) is 0. The SMILES string of the molecule is Cc1cccc(-n2ncc(C(=O)N3CCN(Cc4ccccc4)CC3)c2C2CCN(C(=O)OC(C)(C)C)CC2)c1. The molecule has 2 aliphatic heterocycles. The molecular formula is C32H41N5O3. The van der Waals surface area contributed by atoms with Gasteiger partial charge in [-0.25, -0.2) is 9.48 Å². The van der Waals surface area contributed by atoms with E-state index in [0.29, 0.717) is 31.7 Å². The van der Waals surface area contributed by atoms with Crippen molar-refractivity contribution in [1.29, 1.82) is 0 Å². The lowest BCUT2D eigenvalue weighted by molar-refractivity contribution is 0.0202. The predicted octanol–water partition coefficient (Wildman–Crippen LogP) is 5.25.